The number of fused-ring (bicyclic) bond motifs is 2. The molecular weight excluding hydrogens is 342 g/mol. The van der Waals surface area contributed by atoms with E-state index in [-0.39, 0.29) is 11.9 Å². The molecule has 0 bridgehead atoms. The highest BCUT2D eigenvalue weighted by molar-refractivity contribution is 6.12. The summed E-state index contributed by atoms with van der Waals surface area (Å²) in [5, 5.41) is 3.04. The van der Waals surface area contributed by atoms with Gasteiger partial charge in [0, 0.05) is 31.5 Å². The van der Waals surface area contributed by atoms with E-state index in [1.165, 1.54) is 0 Å². The van der Waals surface area contributed by atoms with Gasteiger partial charge >= 0.3 is 6.03 Å². The van der Waals surface area contributed by atoms with Crippen molar-refractivity contribution >= 4 is 23.6 Å². The second kappa shape index (κ2) is 6.04. The van der Waals surface area contributed by atoms with Gasteiger partial charge in [0.05, 0.1) is 11.1 Å². The van der Waals surface area contributed by atoms with Crippen molar-refractivity contribution < 1.29 is 9.59 Å². The lowest BCUT2D eigenvalue weighted by atomic mass is 9.73. The number of benzene rings is 1. The Kier molecular flexibility index (Phi) is 3.63. The molecule has 2 fully saturated rings. The molecule has 0 atom stereocenters. The van der Waals surface area contributed by atoms with Gasteiger partial charge in [0.25, 0.3) is 0 Å². The Bertz CT molecular complexity index is 888. The molecule has 1 saturated heterocycles. The molecular formula is C20H21N5O2. The molecule has 0 radical (unpaired) electrons. The molecule has 7 heteroatoms. The molecule has 3 amide bonds. The van der Waals surface area contributed by atoms with Gasteiger partial charge in [0.1, 0.15) is 0 Å². The first-order valence-electron chi connectivity index (χ1n) is 9.46. The van der Waals surface area contributed by atoms with Gasteiger partial charge in [-0.05, 0) is 43.4 Å². The number of aromatic nitrogens is 2. The van der Waals surface area contributed by atoms with Gasteiger partial charge in [-0.2, -0.15) is 0 Å². The topological polar surface area (TPSA) is 78.4 Å². The first kappa shape index (κ1) is 16.2. The molecule has 27 heavy (non-hydrogen) atoms. The predicted octanol–water partition coefficient (Wildman–Crippen LogP) is 2.36. The number of likely N-dealkylation sites (tertiary alicyclic amines) is 1. The van der Waals surface area contributed by atoms with E-state index >= 15 is 0 Å². The number of carbonyl (C=O) groups excluding carboxylic acids is 2. The highest BCUT2D eigenvalue weighted by atomic mass is 16.2. The summed E-state index contributed by atoms with van der Waals surface area (Å²) in [7, 11) is 0. The second-order valence-corrected chi connectivity index (χ2v) is 7.50. The minimum atomic E-state index is -0.605. The average Bonchev–Trinajstić information content (AvgIpc) is 3.49. The minimum absolute atomic E-state index is 0.00525. The number of nitrogens with one attached hydrogen (secondary N) is 1. The molecule has 1 saturated carbocycles. The van der Waals surface area contributed by atoms with Crippen molar-refractivity contribution in [1.82, 2.24) is 20.2 Å². The molecule has 3 heterocycles. The molecule has 5 rings (SSSR count). The summed E-state index contributed by atoms with van der Waals surface area (Å²) in [6.07, 6.45) is 6.67. The number of carbonyl (C=O) groups is 2. The summed E-state index contributed by atoms with van der Waals surface area (Å²) in [6.45, 7) is 1.14. The summed E-state index contributed by atoms with van der Waals surface area (Å²) >= 11 is 0. The van der Waals surface area contributed by atoms with Crippen LogP contribution in [0.5, 0.6) is 0 Å². The highest BCUT2D eigenvalue weighted by Crippen LogP contribution is 2.49. The van der Waals surface area contributed by atoms with E-state index in [0.717, 1.165) is 24.1 Å². The lowest BCUT2D eigenvalue weighted by Gasteiger charge is -2.38. The van der Waals surface area contributed by atoms with Crippen LogP contribution in [0.4, 0.5) is 16.4 Å². The quantitative estimate of drug-likeness (QED) is 0.888. The first-order valence-corrected chi connectivity index (χ1v) is 9.46. The Balaban J connectivity index is 1.45. The number of para-hydroxylation sites is 1. The van der Waals surface area contributed by atoms with Crippen molar-refractivity contribution in [3.05, 3.63) is 48.3 Å². The Morgan fingerprint density at radius 2 is 1.78 bits per heavy atom. The zero-order chi connectivity index (χ0) is 18.4. The van der Waals surface area contributed by atoms with E-state index in [9.17, 15) is 9.59 Å². The molecule has 1 aromatic carbocycles. The number of nitrogens with zero attached hydrogens (tertiary/aromatic N) is 4. The zero-order valence-corrected chi connectivity index (χ0v) is 15.0. The number of amides is 3. The summed E-state index contributed by atoms with van der Waals surface area (Å²) in [6, 6.07) is 9.94. The second-order valence-electron chi connectivity index (χ2n) is 7.50. The Labute approximate surface area is 157 Å². The van der Waals surface area contributed by atoms with E-state index in [4.69, 9.17) is 0 Å². The third kappa shape index (κ3) is 2.57. The van der Waals surface area contributed by atoms with Crippen LogP contribution in [0.15, 0.2) is 42.7 Å². The molecule has 2 aliphatic heterocycles. The standard InChI is InChI=1S/C20H21N5O2/c26-17-20(8-12-24(13-9-20)19(27)23-14-6-7-14)15-4-1-2-5-16(15)25(17)18-21-10-3-11-22-18/h1-5,10-11,14H,6-9,12-13H2,(H,23,27). The van der Waals surface area contributed by atoms with Gasteiger partial charge in [0.15, 0.2) is 0 Å². The smallest absolute Gasteiger partial charge is 0.317 e. The minimum Gasteiger partial charge on any atom is -0.335 e. The Hall–Kier alpha value is -2.96. The molecule has 7 nitrogen and oxygen atoms in total. The summed E-state index contributed by atoms with van der Waals surface area (Å²) in [4.78, 5) is 37.9. The third-order valence-corrected chi connectivity index (χ3v) is 5.83. The van der Waals surface area contributed by atoms with Gasteiger partial charge in [-0.15, -0.1) is 0 Å². The molecule has 0 unspecified atom stereocenters. The molecule has 1 aliphatic carbocycles. The normalized spacial score (nSPS) is 20.7. The van der Waals surface area contributed by atoms with Crippen LogP contribution in [-0.2, 0) is 10.2 Å². The van der Waals surface area contributed by atoms with E-state index in [1.54, 1.807) is 23.4 Å². The lowest BCUT2D eigenvalue weighted by molar-refractivity contribution is -0.124. The summed E-state index contributed by atoms with van der Waals surface area (Å²) in [5.74, 6) is 0.415. The van der Waals surface area contributed by atoms with E-state index in [1.807, 2.05) is 29.2 Å². The maximum Gasteiger partial charge on any atom is 0.317 e. The average molecular weight is 363 g/mol. The highest BCUT2D eigenvalue weighted by Gasteiger charge is 2.53. The monoisotopic (exact) mass is 363 g/mol. The van der Waals surface area contributed by atoms with Crippen LogP contribution in [-0.4, -0.2) is 45.9 Å². The zero-order valence-electron chi connectivity index (χ0n) is 15.0. The van der Waals surface area contributed by atoms with Crippen molar-refractivity contribution in [1.29, 1.82) is 0 Å². The fraction of sp³-hybridized carbons (Fsp3) is 0.400. The van der Waals surface area contributed by atoms with Gasteiger partial charge in [-0.3, -0.25) is 4.79 Å². The van der Waals surface area contributed by atoms with E-state index < -0.39 is 5.41 Å². The van der Waals surface area contributed by atoms with E-state index in [0.29, 0.717) is 37.9 Å². The fourth-order valence-corrected chi connectivity index (χ4v) is 4.19. The van der Waals surface area contributed by atoms with Crippen molar-refractivity contribution in [2.24, 2.45) is 0 Å². The van der Waals surface area contributed by atoms with Crippen molar-refractivity contribution in [3.8, 4) is 0 Å². The molecule has 1 spiro atoms. The number of rotatable bonds is 2. The fourth-order valence-electron chi connectivity index (χ4n) is 4.19. The number of hydrogen-bond donors (Lipinski definition) is 1. The Morgan fingerprint density at radius 3 is 2.48 bits per heavy atom. The van der Waals surface area contributed by atoms with Crippen molar-refractivity contribution in [3.63, 3.8) is 0 Å². The number of anilines is 2. The Morgan fingerprint density at radius 1 is 1.07 bits per heavy atom. The molecule has 1 N–H and O–H groups in total. The van der Waals surface area contributed by atoms with Crippen molar-refractivity contribution in [2.75, 3.05) is 18.0 Å². The van der Waals surface area contributed by atoms with Crippen LogP contribution < -0.4 is 10.2 Å². The first-order chi connectivity index (χ1) is 13.2. The number of hydrogen-bond acceptors (Lipinski definition) is 4. The number of urea groups is 1. The van der Waals surface area contributed by atoms with Gasteiger partial charge in [-0.1, -0.05) is 18.2 Å². The number of piperidine rings is 1. The molecule has 2 aromatic rings. The van der Waals surface area contributed by atoms with Crippen LogP contribution in [0.2, 0.25) is 0 Å². The SMILES string of the molecule is O=C(NC1CC1)N1CCC2(CC1)C(=O)N(c1ncccn1)c1ccccc12. The largest absolute Gasteiger partial charge is 0.335 e. The van der Waals surface area contributed by atoms with Crippen LogP contribution in [0, 0.1) is 0 Å². The predicted molar refractivity (Wildman–Crippen MR) is 99.7 cm³/mol. The van der Waals surface area contributed by atoms with Gasteiger partial charge in [-0.25, -0.2) is 19.7 Å². The lowest BCUT2D eigenvalue weighted by Crippen LogP contribution is -2.52. The third-order valence-electron chi connectivity index (χ3n) is 5.83. The summed E-state index contributed by atoms with van der Waals surface area (Å²) in [5.41, 5.74) is 1.26. The van der Waals surface area contributed by atoms with Gasteiger partial charge < -0.3 is 10.2 Å². The van der Waals surface area contributed by atoms with Crippen LogP contribution in [0.3, 0.4) is 0 Å². The maximum atomic E-state index is 13.5. The van der Waals surface area contributed by atoms with Crippen molar-refractivity contribution in [2.45, 2.75) is 37.1 Å². The molecule has 3 aliphatic rings. The van der Waals surface area contributed by atoms with E-state index in [2.05, 4.69) is 15.3 Å². The summed E-state index contributed by atoms with van der Waals surface area (Å²) < 4.78 is 0. The van der Waals surface area contributed by atoms with Crippen LogP contribution >= 0.6 is 0 Å². The van der Waals surface area contributed by atoms with Crippen LogP contribution in [0.25, 0.3) is 0 Å². The molecule has 138 valence electrons. The van der Waals surface area contributed by atoms with Gasteiger partial charge in [0.2, 0.25) is 11.9 Å². The van der Waals surface area contributed by atoms with Crippen LogP contribution in [0.1, 0.15) is 31.2 Å². The molecule has 1 aromatic heterocycles. The maximum absolute atomic E-state index is 13.5.